The number of halogens is 3. The van der Waals surface area contributed by atoms with Crippen LogP contribution in [-0.2, 0) is 0 Å². The van der Waals surface area contributed by atoms with Crippen LogP contribution in [0.1, 0.15) is 25.5 Å². The Labute approximate surface area is 131 Å². The quantitative estimate of drug-likeness (QED) is 0.700. The summed E-state index contributed by atoms with van der Waals surface area (Å²) < 4.78 is 39.1. The second-order valence-electron chi connectivity index (χ2n) is 5.32. The molecule has 0 heterocycles. The smallest absolute Gasteiger partial charge is 0.315 e. The molecule has 1 rings (SSSR count). The number of aliphatic hydroxyl groups excluding tert-OH is 1. The standard InChI is InChI=1S/C14H19F3N2O2S/c1-14(2,22-3)7-18-13(21)19-11(6-20)8-4-9(15)12(17)10(16)5-8/h4-5,11,20H,6-7H2,1-3H3,(H2,18,19,21). The molecule has 22 heavy (non-hydrogen) atoms. The molecular formula is C14H19F3N2O2S. The molecule has 1 unspecified atom stereocenters. The SMILES string of the molecule is CSC(C)(C)CNC(=O)NC(CO)c1cc(F)c(F)c(F)c1. The van der Waals surface area contributed by atoms with E-state index in [1.807, 2.05) is 20.1 Å². The monoisotopic (exact) mass is 336 g/mol. The van der Waals surface area contributed by atoms with Crippen molar-refractivity contribution >= 4 is 17.8 Å². The van der Waals surface area contributed by atoms with Crippen LogP contribution in [-0.4, -0.2) is 35.3 Å². The van der Waals surface area contributed by atoms with E-state index in [1.165, 1.54) is 0 Å². The molecule has 1 atom stereocenters. The summed E-state index contributed by atoms with van der Waals surface area (Å²) in [4.78, 5) is 11.8. The van der Waals surface area contributed by atoms with Crippen molar-refractivity contribution in [3.05, 3.63) is 35.1 Å². The molecule has 1 aromatic rings. The largest absolute Gasteiger partial charge is 0.394 e. The number of urea groups is 1. The lowest BCUT2D eigenvalue weighted by Gasteiger charge is -2.24. The Balaban J connectivity index is 2.75. The van der Waals surface area contributed by atoms with Crippen molar-refractivity contribution in [3.8, 4) is 0 Å². The number of aliphatic hydroxyl groups is 1. The molecule has 124 valence electrons. The molecule has 0 fully saturated rings. The predicted octanol–water partition coefficient (Wildman–Crippen LogP) is 2.58. The maximum absolute atomic E-state index is 13.2. The summed E-state index contributed by atoms with van der Waals surface area (Å²) in [5.74, 6) is -4.34. The molecule has 4 nitrogen and oxygen atoms in total. The lowest BCUT2D eigenvalue weighted by molar-refractivity contribution is 0.216. The topological polar surface area (TPSA) is 61.4 Å². The van der Waals surface area contributed by atoms with E-state index in [4.69, 9.17) is 0 Å². The summed E-state index contributed by atoms with van der Waals surface area (Å²) in [7, 11) is 0. The van der Waals surface area contributed by atoms with Gasteiger partial charge in [0.05, 0.1) is 12.6 Å². The van der Waals surface area contributed by atoms with Crippen LogP contribution < -0.4 is 10.6 Å². The number of hydrogen-bond donors (Lipinski definition) is 3. The fraction of sp³-hybridized carbons (Fsp3) is 0.500. The first-order valence-electron chi connectivity index (χ1n) is 6.55. The molecule has 0 saturated heterocycles. The lowest BCUT2D eigenvalue weighted by Crippen LogP contribution is -2.44. The zero-order valence-electron chi connectivity index (χ0n) is 12.5. The van der Waals surface area contributed by atoms with E-state index in [9.17, 15) is 23.1 Å². The third-order valence-electron chi connectivity index (χ3n) is 3.12. The Morgan fingerprint density at radius 3 is 2.32 bits per heavy atom. The van der Waals surface area contributed by atoms with Crippen molar-refractivity contribution in [1.29, 1.82) is 0 Å². The van der Waals surface area contributed by atoms with E-state index < -0.39 is 36.1 Å². The zero-order chi connectivity index (χ0) is 16.9. The molecule has 3 N–H and O–H groups in total. The summed E-state index contributed by atoms with van der Waals surface area (Å²) >= 11 is 1.56. The zero-order valence-corrected chi connectivity index (χ0v) is 13.4. The summed E-state index contributed by atoms with van der Waals surface area (Å²) in [6.45, 7) is 3.66. The molecule has 0 aromatic heterocycles. The third kappa shape index (κ3) is 5.10. The van der Waals surface area contributed by atoms with Gasteiger partial charge in [0.1, 0.15) is 0 Å². The van der Waals surface area contributed by atoms with Crippen molar-refractivity contribution in [3.63, 3.8) is 0 Å². The first kappa shape index (κ1) is 18.6. The van der Waals surface area contributed by atoms with Gasteiger partial charge in [-0.1, -0.05) is 0 Å². The second kappa shape index (κ2) is 7.73. The van der Waals surface area contributed by atoms with Crippen LogP contribution >= 0.6 is 11.8 Å². The van der Waals surface area contributed by atoms with Gasteiger partial charge in [-0.2, -0.15) is 11.8 Å². The molecule has 8 heteroatoms. The van der Waals surface area contributed by atoms with E-state index in [0.29, 0.717) is 6.54 Å². The van der Waals surface area contributed by atoms with Gasteiger partial charge >= 0.3 is 6.03 Å². The van der Waals surface area contributed by atoms with E-state index in [0.717, 1.165) is 12.1 Å². The molecule has 0 bridgehead atoms. The third-order valence-corrected chi connectivity index (χ3v) is 4.37. The molecule has 0 aliphatic heterocycles. The van der Waals surface area contributed by atoms with Crippen molar-refractivity contribution in [2.75, 3.05) is 19.4 Å². The maximum atomic E-state index is 13.2. The van der Waals surface area contributed by atoms with Crippen molar-refractivity contribution in [2.45, 2.75) is 24.6 Å². The predicted molar refractivity (Wildman–Crippen MR) is 80.3 cm³/mol. The van der Waals surface area contributed by atoms with Crippen molar-refractivity contribution < 1.29 is 23.1 Å². The van der Waals surface area contributed by atoms with Gasteiger partial charge in [-0.15, -0.1) is 0 Å². The molecular weight excluding hydrogens is 317 g/mol. The first-order valence-corrected chi connectivity index (χ1v) is 7.77. The van der Waals surface area contributed by atoms with Crippen LogP contribution in [0.5, 0.6) is 0 Å². The van der Waals surface area contributed by atoms with Gasteiger partial charge in [-0.25, -0.2) is 18.0 Å². The van der Waals surface area contributed by atoms with Crippen molar-refractivity contribution in [1.82, 2.24) is 10.6 Å². The van der Waals surface area contributed by atoms with Crippen LogP contribution in [0, 0.1) is 17.5 Å². The maximum Gasteiger partial charge on any atom is 0.315 e. The van der Waals surface area contributed by atoms with Gasteiger partial charge in [0.25, 0.3) is 0 Å². The van der Waals surface area contributed by atoms with E-state index >= 15 is 0 Å². The van der Waals surface area contributed by atoms with Crippen LogP contribution in [0.2, 0.25) is 0 Å². The van der Waals surface area contributed by atoms with Gasteiger partial charge < -0.3 is 15.7 Å². The van der Waals surface area contributed by atoms with Gasteiger partial charge in [0.2, 0.25) is 0 Å². The minimum absolute atomic E-state index is 0.0572. The molecule has 0 aliphatic rings. The highest BCUT2D eigenvalue weighted by Crippen LogP contribution is 2.20. The van der Waals surface area contributed by atoms with Gasteiger partial charge in [-0.3, -0.25) is 0 Å². The van der Waals surface area contributed by atoms with Crippen LogP contribution in [0.3, 0.4) is 0 Å². The van der Waals surface area contributed by atoms with Crippen LogP contribution in [0.4, 0.5) is 18.0 Å². The first-order chi connectivity index (χ1) is 10.2. The number of benzene rings is 1. The number of carbonyl (C=O) groups is 1. The summed E-state index contributed by atoms with van der Waals surface area (Å²) in [6, 6.07) is -0.148. The molecule has 0 saturated carbocycles. The average Bonchev–Trinajstić information content (AvgIpc) is 2.47. The van der Waals surface area contributed by atoms with Crippen molar-refractivity contribution in [2.24, 2.45) is 0 Å². The van der Waals surface area contributed by atoms with E-state index in [2.05, 4.69) is 10.6 Å². The fourth-order valence-electron chi connectivity index (χ4n) is 1.59. The molecule has 0 aliphatic carbocycles. The number of thioether (sulfide) groups is 1. The number of nitrogens with one attached hydrogen (secondary N) is 2. The lowest BCUT2D eigenvalue weighted by atomic mass is 10.1. The highest BCUT2D eigenvalue weighted by Gasteiger charge is 2.21. The Kier molecular flexibility index (Phi) is 6.55. The molecule has 0 spiro atoms. The fourth-order valence-corrected chi connectivity index (χ4v) is 1.80. The summed E-state index contributed by atoms with van der Waals surface area (Å²) in [5, 5.41) is 14.3. The minimum Gasteiger partial charge on any atom is -0.394 e. The number of rotatable bonds is 6. The number of carbonyl (C=O) groups excluding carboxylic acids is 1. The Morgan fingerprint density at radius 2 is 1.86 bits per heavy atom. The highest BCUT2D eigenvalue weighted by atomic mass is 32.2. The molecule has 0 radical (unpaired) electrons. The number of hydrogen-bond acceptors (Lipinski definition) is 3. The number of amides is 2. The summed E-state index contributed by atoms with van der Waals surface area (Å²) in [6.07, 6.45) is 1.90. The Morgan fingerprint density at radius 1 is 1.32 bits per heavy atom. The highest BCUT2D eigenvalue weighted by molar-refractivity contribution is 7.99. The van der Waals surface area contributed by atoms with Crippen LogP contribution in [0.25, 0.3) is 0 Å². The Hall–Kier alpha value is -1.41. The minimum atomic E-state index is -1.59. The van der Waals surface area contributed by atoms with E-state index in [-0.39, 0.29) is 10.3 Å². The van der Waals surface area contributed by atoms with E-state index in [1.54, 1.807) is 11.8 Å². The summed E-state index contributed by atoms with van der Waals surface area (Å²) in [5.41, 5.74) is -0.0572. The van der Waals surface area contributed by atoms with Gasteiger partial charge in [-0.05, 0) is 37.8 Å². The second-order valence-corrected chi connectivity index (χ2v) is 6.84. The Bertz CT molecular complexity index is 518. The average molecular weight is 336 g/mol. The molecule has 2 amide bonds. The van der Waals surface area contributed by atoms with Gasteiger partial charge in [0.15, 0.2) is 17.5 Å². The van der Waals surface area contributed by atoms with Crippen LogP contribution in [0.15, 0.2) is 12.1 Å². The normalized spacial score (nSPS) is 12.9. The van der Waals surface area contributed by atoms with Gasteiger partial charge in [0, 0.05) is 11.3 Å². The molecule has 1 aromatic carbocycles.